The molecule has 0 unspecified atom stereocenters. The van der Waals surface area contributed by atoms with Crippen molar-refractivity contribution in [2.75, 3.05) is 0 Å². The third-order valence-electron chi connectivity index (χ3n) is 0. The average molecular weight is 199 g/mol. The summed E-state index contributed by atoms with van der Waals surface area (Å²) in [6.45, 7) is 0. The smallest absolute Gasteiger partial charge is 0.324 e. The Bertz CT molecular complexity index is 14.9. The Morgan fingerprint density at radius 2 is 0.714 bits per heavy atom. The van der Waals surface area contributed by atoms with Gasteiger partial charge < -0.3 is 14.7 Å². The van der Waals surface area contributed by atoms with Gasteiger partial charge in [-0.05, 0) is 0 Å². The van der Waals surface area contributed by atoms with Gasteiger partial charge in [0.05, 0.1) is 0 Å². The zero-order valence-electron chi connectivity index (χ0n) is 4.79. The standard InChI is InChI=1S/3K.H3O3P/c;;;1-4(2)3/h;;;1-3H. The van der Waals surface area contributed by atoms with Gasteiger partial charge in [0.1, 0.15) is 0 Å². The molecule has 0 aromatic heterocycles. The molecule has 0 spiro atoms. The van der Waals surface area contributed by atoms with E-state index in [2.05, 4.69) is 0 Å². The number of hydrogen-bond donors (Lipinski definition) is 3. The van der Waals surface area contributed by atoms with E-state index in [1.165, 1.54) is 0 Å². The van der Waals surface area contributed by atoms with Crippen LogP contribution in [-0.2, 0) is 0 Å². The fraction of sp³-hybridized carbons (Fsp3) is 0. The first-order valence-corrected chi connectivity index (χ1v) is 1.80. The SMILES string of the molecule is OP(O)O.[K].[K].[K]. The van der Waals surface area contributed by atoms with Gasteiger partial charge in [0, 0.05) is 154 Å². The van der Waals surface area contributed by atoms with E-state index in [0.29, 0.717) is 0 Å². The summed E-state index contributed by atoms with van der Waals surface area (Å²) in [7, 11) is -2.62. The van der Waals surface area contributed by atoms with E-state index in [9.17, 15) is 0 Å². The van der Waals surface area contributed by atoms with Crippen molar-refractivity contribution in [3.05, 3.63) is 0 Å². The van der Waals surface area contributed by atoms with E-state index >= 15 is 0 Å². The molecule has 0 saturated carbocycles. The Hall–Kier alpha value is 5.22. The molecule has 0 heterocycles. The van der Waals surface area contributed by atoms with Gasteiger partial charge in [-0.2, -0.15) is 0 Å². The van der Waals surface area contributed by atoms with Crippen LogP contribution in [0.2, 0.25) is 0 Å². The molecule has 0 amide bonds. The van der Waals surface area contributed by atoms with Gasteiger partial charge in [0.25, 0.3) is 0 Å². The minimum Gasteiger partial charge on any atom is -0.328 e. The maximum Gasteiger partial charge on any atom is 0.324 e. The van der Waals surface area contributed by atoms with Crippen molar-refractivity contribution in [2.24, 2.45) is 0 Å². The first-order chi connectivity index (χ1) is 1.73. The molecule has 0 fully saturated rings. The summed E-state index contributed by atoms with van der Waals surface area (Å²) in [6.07, 6.45) is 0. The Kier molecular flexibility index (Phi) is 56.4. The Morgan fingerprint density at radius 1 is 0.714 bits per heavy atom. The van der Waals surface area contributed by atoms with Gasteiger partial charge in [0.15, 0.2) is 0 Å². The molecule has 3 N–H and O–H groups in total. The first kappa shape index (κ1) is 22.8. The summed E-state index contributed by atoms with van der Waals surface area (Å²) in [5.41, 5.74) is 0. The van der Waals surface area contributed by atoms with Crippen LogP contribution in [0.5, 0.6) is 0 Å². The van der Waals surface area contributed by atoms with Crippen LogP contribution in [-0.4, -0.2) is 169 Å². The molecular weight excluding hydrogens is 196 g/mol. The van der Waals surface area contributed by atoms with Gasteiger partial charge in [-0.15, -0.1) is 0 Å². The van der Waals surface area contributed by atoms with Crippen LogP contribution >= 0.6 is 8.60 Å². The molecule has 7 heteroatoms. The van der Waals surface area contributed by atoms with Gasteiger partial charge >= 0.3 is 8.60 Å². The minimum atomic E-state index is -2.62. The molecule has 0 aliphatic carbocycles. The molecule has 0 rings (SSSR count). The average Bonchev–Trinajstić information content (AvgIpc) is 0.811. The minimum absolute atomic E-state index is 0. The van der Waals surface area contributed by atoms with Crippen molar-refractivity contribution in [1.29, 1.82) is 0 Å². The second-order valence-electron chi connectivity index (χ2n) is 0.268. The summed E-state index contributed by atoms with van der Waals surface area (Å²) in [4.78, 5) is 21.7. The van der Waals surface area contributed by atoms with Crippen LogP contribution in [0, 0.1) is 0 Å². The van der Waals surface area contributed by atoms with Crippen LogP contribution in [0.15, 0.2) is 0 Å². The molecule has 29 valence electrons. The van der Waals surface area contributed by atoms with Crippen molar-refractivity contribution in [1.82, 2.24) is 0 Å². The Labute approximate surface area is 171 Å². The Morgan fingerprint density at radius 3 is 0.714 bits per heavy atom. The van der Waals surface area contributed by atoms with E-state index in [1.807, 2.05) is 0 Å². The van der Waals surface area contributed by atoms with Crippen LogP contribution < -0.4 is 0 Å². The fourth-order valence-electron chi connectivity index (χ4n) is 0. The summed E-state index contributed by atoms with van der Waals surface area (Å²) >= 11 is 0. The van der Waals surface area contributed by atoms with Gasteiger partial charge in [-0.3, -0.25) is 0 Å². The summed E-state index contributed by atoms with van der Waals surface area (Å²) in [5, 5.41) is 0. The van der Waals surface area contributed by atoms with Crippen molar-refractivity contribution in [3.63, 3.8) is 0 Å². The molecule has 0 bridgehead atoms. The van der Waals surface area contributed by atoms with E-state index in [-0.39, 0.29) is 154 Å². The molecule has 0 aliphatic heterocycles. The predicted molar refractivity (Wildman–Crippen MR) is 30.8 cm³/mol. The third-order valence-corrected chi connectivity index (χ3v) is 0. The topological polar surface area (TPSA) is 60.7 Å². The summed E-state index contributed by atoms with van der Waals surface area (Å²) < 4.78 is 0. The normalized spacial score (nSPS) is 5.14. The fourth-order valence-corrected chi connectivity index (χ4v) is 0. The molecule has 0 saturated heterocycles. The van der Waals surface area contributed by atoms with Crippen LogP contribution in [0.1, 0.15) is 0 Å². The quantitative estimate of drug-likeness (QED) is 0.314. The monoisotopic (exact) mass is 199 g/mol. The van der Waals surface area contributed by atoms with Crippen LogP contribution in [0.3, 0.4) is 0 Å². The van der Waals surface area contributed by atoms with Crippen molar-refractivity contribution >= 4 is 163 Å². The molecule has 0 aliphatic rings. The zero-order chi connectivity index (χ0) is 3.58. The molecule has 0 aromatic rings. The number of hydrogen-bond acceptors (Lipinski definition) is 3. The van der Waals surface area contributed by atoms with Gasteiger partial charge in [0.2, 0.25) is 0 Å². The molecular formula is H3K3O3P. The number of rotatable bonds is 0. The van der Waals surface area contributed by atoms with Crippen molar-refractivity contribution in [2.45, 2.75) is 0 Å². The first-order valence-electron chi connectivity index (χ1n) is 0.600. The summed E-state index contributed by atoms with van der Waals surface area (Å²) in [6, 6.07) is 0. The maximum atomic E-state index is 7.23. The largest absolute Gasteiger partial charge is 0.328 e. The second-order valence-corrected chi connectivity index (χ2v) is 0.805. The molecule has 0 aromatic carbocycles. The molecule has 3 radical (unpaired) electrons. The second kappa shape index (κ2) is 17.3. The summed E-state index contributed by atoms with van der Waals surface area (Å²) in [5.74, 6) is 0. The van der Waals surface area contributed by atoms with Crippen molar-refractivity contribution in [3.8, 4) is 0 Å². The Balaban J connectivity index is -0.0000000150. The van der Waals surface area contributed by atoms with E-state index in [4.69, 9.17) is 14.7 Å². The van der Waals surface area contributed by atoms with Gasteiger partial charge in [-0.25, -0.2) is 0 Å². The van der Waals surface area contributed by atoms with Crippen molar-refractivity contribution < 1.29 is 14.7 Å². The molecule has 3 nitrogen and oxygen atoms in total. The van der Waals surface area contributed by atoms with E-state index in [0.717, 1.165) is 0 Å². The van der Waals surface area contributed by atoms with Crippen LogP contribution in [0.4, 0.5) is 0 Å². The molecule has 0 atom stereocenters. The van der Waals surface area contributed by atoms with E-state index < -0.39 is 8.60 Å². The van der Waals surface area contributed by atoms with E-state index in [1.54, 1.807) is 0 Å². The van der Waals surface area contributed by atoms with Gasteiger partial charge in [-0.1, -0.05) is 0 Å². The predicted octanol–water partition coefficient (Wildman–Crippen LogP) is -1.95. The third kappa shape index (κ3) is 35.0. The zero-order valence-corrected chi connectivity index (χ0v) is 15.1. The van der Waals surface area contributed by atoms with Crippen LogP contribution in [0.25, 0.3) is 0 Å². The molecule has 7 heavy (non-hydrogen) atoms. The maximum absolute atomic E-state index is 7.23.